The highest BCUT2D eigenvalue weighted by molar-refractivity contribution is 5.87. The van der Waals surface area contributed by atoms with Crippen molar-refractivity contribution in [1.82, 2.24) is 0 Å². The van der Waals surface area contributed by atoms with Crippen LogP contribution in [-0.4, -0.2) is 12.1 Å². The van der Waals surface area contributed by atoms with Crippen LogP contribution in [0, 0.1) is 56.7 Å². The van der Waals surface area contributed by atoms with E-state index in [1.807, 2.05) is 19.9 Å². The largest absolute Gasteiger partial charge is 0.458 e. The number of hydrogen-bond acceptors (Lipinski definition) is 2. The molecule has 0 saturated heterocycles. The Kier molecular flexibility index (Phi) is 6.49. The number of hydrogen-bond donors (Lipinski definition) is 0. The van der Waals surface area contributed by atoms with Gasteiger partial charge in [-0.25, -0.2) is 4.79 Å². The van der Waals surface area contributed by atoms with Crippen LogP contribution in [0.4, 0.5) is 0 Å². The maximum Gasteiger partial charge on any atom is 0.333 e. The van der Waals surface area contributed by atoms with E-state index >= 15 is 0 Å². The van der Waals surface area contributed by atoms with Crippen LogP contribution in [0.2, 0.25) is 0 Å². The van der Waals surface area contributed by atoms with Crippen LogP contribution >= 0.6 is 0 Å². The van der Waals surface area contributed by atoms with Crippen molar-refractivity contribution in [3.05, 3.63) is 23.3 Å². The Morgan fingerprint density at radius 2 is 1.62 bits per heavy atom. The molecule has 208 valence electrons. The highest BCUT2D eigenvalue weighted by Gasteiger charge is 2.69. The number of allylic oxidation sites excluding steroid dienone is 3. The number of rotatable bonds is 2. The first-order valence-corrected chi connectivity index (χ1v) is 15.7. The smallest absolute Gasteiger partial charge is 0.333 e. The molecule has 4 fully saturated rings. The van der Waals surface area contributed by atoms with E-state index in [1.54, 1.807) is 5.57 Å². The van der Waals surface area contributed by atoms with Crippen molar-refractivity contribution in [3.63, 3.8) is 0 Å². The summed E-state index contributed by atoms with van der Waals surface area (Å²) in [5, 5.41) is 0. The summed E-state index contributed by atoms with van der Waals surface area (Å²) in [5.41, 5.74) is 4.05. The van der Waals surface area contributed by atoms with Crippen molar-refractivity contribution in [2.24, 2.45) is 56.7 Å². The van der Waals surface area contributed by atoms with Gasteiger partial charge in [-0.15, -0.1) is 0 Å². The van der Waals surface area contributed by atoms with Gasteiger partial charge in [-0.3, -0.25) is 0 Å². The van der Waals surface area contributed by atoms with Gasteiger partial charge in [0.2, 0.25) is 0 Å². The molecule has 2 heteroatoms. The monoisotopic (exact) mass is 508 g/mol. The van der Waals surface area contributed by atoms with E-state index in [1.165, 1.54) is 51.4 Å². The number of esters is 1. The Morgan fingerprint density at radius 1 is 0.919 bits per heavy atom. The topological polar surface area (TPSA) is 26.3 Å². The Bertz CT molecular complexity index is 1000. The Balaban J connectivity index is 1.46. The summed E-state index contributed by atoms with van der Waals surface area (Å²) in [6.07, 6.45) is 16.2. The van der Waals surface area contributed by atoms with E-state index in [9.17, 15) is 4.79 Å². The standard InChI is InChI=1S/C35H56O2/c1-11-22(2)30(36)37-28-16-18-33(8)26(31(28,5)6)15-19-35(10)27(33)13-12-25-29-24(4)23(3)14-17-32(29,7)20-21-34(25,35)9/h11,14,24-29H,12-13,15-21H2,1-10H3. The van der Waals surface area contributed by atoms with Crippen molar-refractivity contribution in [1.29, 1.82) is 0 Å². The molecule has 0 amide bonds. The van der Waals surface area contributed by atoms with Gasteiger partial charge in [0, 0.05) is 11.0 Å². The molecule has 37 heavy (non-hydrogen) atoms. The van der Waals surface area contributed by atoms with Gasteiger partial charge < -0.3 is 4.74 Å². The van der Waals surface area contributed by atoms with Crippen LogP contribution in [0.25, 0.3) is 0 Å². The molecule has 0 aromatic carbocycles. The molecule has 0 spiro atoms. The second-order valence-corrected chi connectivity index (χ2v) is 16.0. The van der Waals surface area contributed by atoms with Gasteiger partial charge in [0.25, 0.3) is 0 Å². The molecule has 0 radical (unpaired) electrons. The molecular weight excluding hydrogens is 452 g/mol. The molecule has 5 aliphatic carbocycles. The fourth-order valence-electron chi connectivity index (χ4n) is 11.8. The molecule has 0 aromatic rings. The summed E-state index contributed by atoms with van der Waals surface area (Å²) >= 11 is 0. The van der Waals surface area contributed by atoms with Gasteiger partial charge in [0.15, 0.2) is 0 Å². The average molecular weight is 509 g/mol. The molecule has 5 rings (SSSR count). The fraction of sp³-hybridized carbons (Fsp3) is 0.857. The number of fused-ring (bicyclic) bond motifs is 7. The van der Waals surface area contributed by atoms with Crippen molar-refractivity contribution in [2.75, 3.05) is 0 Å². The lowest BCUT2D eigenvalue weighted by Crippen LogP contribution is -2.67. The van der Waals surface area contributed by atoms with Crippen molar-refractivity contribution >= 4 is 5.97 Å². The van der Waals surface area contributed by atoms with E-state index < -0.39 is 0 Å². The zero-order chi connectivity index (χ0) is 27.2. The third-order valence-electron chi connectivity index (χ3n) is 14.5. The minimum atomic E-state index is -0.117. The van der Waals surface area contributed by atoms with Gasteiger partial charge in [-0.1, -0.05) is 66.2 Å². The van der Waals surface area contributed by atoms with Crippen molar-refractivity contribution < 1.29 is 9.53 Å². The Morgan fingerprint density at radius 3 is 2.30 bits per heavy atom. The number of ether oxygens (including phenoxy) is 1. The van der Waals surface area contributed by atoms with Crippen LogP contribution in [0.5, 0.6) is 0 Å². The molecule has 5 aliphatic rings. The predicted molar refractivity (Wildman–Crippen MR) is 154 cm³/mol. The third kappa shape index (κ3) is 3.65. The van der Waals surface area contributed by atoms with Gasteiger partial charge >= 0.3 is 5.97 Å². The number of carbonyl (C=O) groups is 1. The van der Waals surface area contributed by atoms with Crippen molar-refractivity contribution in [2.45, 2.75) is 133 Å². The molecular formula is C35H56O2. The van der Waals surface area contributed by atoms with Crippen molar-refractivity contribution in [3.8, 4) is 0 Å². The summed E-state index contributed by atoms with van der Waals surface area (Å²) < 4.78 is 6.20. The van der Waals surface area contributed by atoms with E-state index in [2.05, 4.69) is 61.5 Å². The summed E-state index contributed by atoms with van der Waals surface area (Å²) in [7, 11) is 0. The predicted octanol–water partition coefficient (Wildman–Crippen LogP) is 9.54. The molecule has 2 nitrogen and oxygen atoms in total. The normalized spacial score (nSPS) is 51.1. The first-order chi connectivity index (χ1) is 17.2. The summed E-state index contributed by atoms with van der Waals surface area (Å²) in [5.74, 6) is 3.67. The number of carbonyl (C=O) groups excluding carboxylic acids is 1. The van der Waals surface area contributed by atoms with Gasteiger partial charge in [-0.05, 0) is 130 Å². The van der Waals surface area contributed by atoms with Gasteiger partial charge in [0.05, 0.1) is 0 Å². The zero-order valence-corrected chi connectivity index (χ0v) is 25.8. The summed E-state index contributed by atoms with van der Waals surface area (Å²) in [6.45, 7) is 24.4. The SMILES string of the molecule is CC=C(C)C(=O)OC1CCC2(C)C(CCC3(C)C2CCC2C4C(C)C(C)=CCC4(C)CCC23C)C1(C)C. The molecule has 0 heterocycles. The zero-order valence-electron chi connectivity index (χ0n) is 25.8. The molecule has 10 atom stereocenters. The maximum absolute atomic E-state index is 12.7. The second-order valence-electron chi connectivity index (χ2n) is 16.0. The maximum atomic E-state index is 12.7. The van der Waals surface area contributed by atoms with Crippen LogP contribution in [-0.2, 0) is 9.53 Å². The Hall–Kier alpha value is -1.05. The lowest BCUT2D eigenvalue weighted by molar-refractivity contribution is -0.252. The lowest BCUT2D eigenvalue weighted by Gasteiger charge is -2.73. The summed E-state index contributed by atoms with van der Waals surface area (Å²) in [6, 6.07) is 0. The molecule has 10 unspecified atom stereocenters. The first-order valence-electron chi connectivity index (χ1n) is 15.7. The van der Waals surface area contributed by atoms with Crippen LogP contribution < -0.4 is 0 Å². The molecule has 0 bridgehead atoms. The van der Waals surface area contributed by atoms with Crippen LogP contribution in [0.1, 0.15) is 127 Å². The highest BCUT2D eigenvalue weighted by Crippen LogP contribution is 2.76. The Labute approximate surface area is 228 Å². The molecule has 0 aliphatic heterocycles. The lowest BCUT2D eigenvalue weighted by atomic mass is 9.31. The van der Waals surface area contributed by atoms with Gasteiger partial charge in [-0.2, -0.15) is 0 Å². The minimum absolute atomic E-state index is 0.0146. The third-order valence-corrected chi connectivity index (χ3v) is 14.5. The first kappa shape index (κ1) is 27.5. The van der Waals surface area contributed by atoms with E-state index in [-0.39, 0.29) is 17.5 Å². The average Bonchev–Trinajstić information content (AvgIpc) is 2.83. The van der Waals surface area contributed by atoms with Crippen LogP contribution in [0.15, 0.2) is 23.3 Å². The fourth-order valence-corrected chi connectivity index (χ4v) is 11.8. The minimum Gasteiger partial charge on any atom is -0.458 e. The molecule has 0 aromatic heterocycles. The second kappa shape index (κ2) is 8.72. The highest BCUT2D eigenvalue weighted by atomic mass is 16.5. The van der Waals surface area contributed by atoms with Gasteiger partial charge in [0.1, 0.15) is 6.10 Å². The quantitative estimate of drug-likeness (QED) is 0.211. The van der Waals surface area contributed by atoms with E-state index in [4.69, 9.17) is 4.74 Å². The molecule has 4 saturated carbocycles. The van der Waals surface area contributed by atoms with Crippen LogP contribution in [0.3, 0.4) is 0 Å². The van der Waals surface area contributed by atoms with E-state index in [0.29, 0.717) is 27.6 Å². The van der Waals surface area contributed by atoms with E-state index in [0.717, 1.165) is 35.7 Å². The summed E-state index contributed by atoms with van der Waals surface area (Å²) in [4.78, 5) is 12.7. The molecule has 0 N–H and O–H groups in total.